The molecule has 1 fully saturated rings. The molecule has 178 valence electrons. The van der Waals surface area contributed by atoms with E-state index in [1.165, 1.54) is 12.3 Å². The van der Waals surface area contributed by atoms with E-state index in [2.05, 4.69) is 18.8 Å². The Balaban J connectivity index is 1.76. The third kappa shape index (κ3) is 5.25. The summed E-state index contributed by atoms with van der Waals surface area (Å²) in [5.74, 6) is -0.917. The highest BCUT2D eigenvalue weighted by Gasteiger charge is 2.52. The van der Waals surface area contributed by atoms with Crippen molar-refractivity contribution in [1.29, 1.82) is 0 Å². The largest absolute Gasteiger partial charge is 0.480 e. The first-order valence-electron chi connectivity index (χ1n) is 10.9. The molecule has 2 aromatic rings. The first-order valence-corrected chi connectivity index (χ1v) is 12.4. The molecule has 0 unspecified atom stereocenters. The van der Waals surface area contributed by atoms with Crippen LogP contribution in [0.1, 0.15) is 32.3 Å². The second kappa shape index (κ2) is 10.0. The molecule has 0 aliphatic carbocycles. The molecular formula is C24H30N2O6S. The molecule has 1 aromatic carbocycles. The molecule has 1 N–H and O–H groups in total. The summed E-state index contributed by atoms with van der Waals surface area (Å²) in [4.78, 5) is 30.1. The minimum atomic E-state index is -4.14. The number of carboxylic acid groups (broad SMARTS) is 1. The van der Waals surface area contributed by atoms with Crippen LogP contribution in [0.3, 0.4) is 0 Å². The number of aromatic nitrogens is 1. The van der Waals surface area contributed by atoms with E-state index in [0.717, 1.165) is 11.1 Å². The van der Waals surface area contributed by atoms with Crippen LogP contribution in [0.15, 0.2) is 47.5 Å². The fourth-order valence-corrected chi connectivity index (χ4v) is 5.81. The summed E-state index contributed by atoms with van der Waals surface area (Å²) in [7, 11) is -2.35. The van der Waals surface area contributed by atoms with E-state index < -0.39 is 20.6 Å². The second-order valence-corrected chi connectivity index (χ2v) is 11.1. The van der Waals surface area contributed by atoms with Crippen molar-refractivity contribution < 1.29 is 27.9 Å². The lowest BCUT2D eigenvalue weighted by Gasteiger charge is -2.32. The van der Waals surface area contributed by atoms with E-state index in [1.54, 1.807) is 18.0 Å². The van der Waals surface area contributed by atoms with Crippen LogP contribution in [0.2, 0.25) is 0 Å². The van der Waals surface area contributed by atoms with Gasteiger partial charge in [-0.25, -0.2) is 8.42 Å². The number of carbonyl (C=O) groups is 2. The number of sulfone groups is 1. The van der Waals surface area contributed by atoms with Crippen molar-refractivity contribution in [1.82, 2.24) is 9.88 Å². The van der Waals surface area contributed by atoms with Gasteiger partial charge in [0, 0.05) is 51.4 Å². The van der Waals surface area contributed by atoms with Crippen molar-refractivity contribution in [2.75, 3.05) is 26.8 Å². The fourth-order valence-electron chi connectivity index (χ4n) is 3.99. The summed E-state index contributed by atoms with van der Waals surface area (Å²) in [6, 6.07) is 10.3. The fraction of sp³-hybridized carbons (Fsp3) is 0.458. The quantitative estimate of drug-likeness (QED) is 0.626. The van der Waals surface area contributed by atoms with Crippen LogP contribution in [0.25, 0.3) is 11.3 Å². The molecule has 0 saturated carbocycles. The van der Waals surface area contributed by atoms with Gasteiger partial charge < -0.3 is 14.7 Å². The molecule has 1 saturated heterocycles. The van der Waals surface area contributed by atoms with Crippen LogP contribution in [0.5, 0.6) is 0 Å². The Morgan fingerprint density at radius 1 is 1.12 bits per heavy atom. The molecule has 1 aliphatic heterocycles. The molecule has 3 rings (SSSR count). The van der Waals surface area contributed by atoms with Crippen LogP contribution < -0.4 is 0 Å². The van der Waals surface area contributed by atoms with Gasteiger partial charge in [-0.3, -0.25) is 14.6 Å². The van der Waals surface area contributed by atoms with Crippen molar-refractivity contribution in [2.24, 2.45) is 5.92 Å². The predicted octanol–water partition coefficient (Wildman–Crippen LogP) is 2.81. The van der Waals surface area contributed by atoms with E-state index in [9.17, 15) is 23.1 Å². The van der Waals surface area contributed by atoms with E-state index in [4.69, 9.17) is 4.74 Å². The van der Waals surface area contributed by atoms with Gasteiger partial charge in [0.2, 0.25) is 5.91 Å². The molecule has 33 heavy (non-hydrogen) atoms. The number of aliphatic carboxylic acids is 1. The van der Waals surface area contributed by atoms with Crippen molar-refractivity contribution in [2.45, 2.75) is 42.8 Å². The summed E-state index contributed by atoms with van der Waals surface area (Å²) in [6.45, 7) is 4.99. The maximum absolute atomic E-state index is 13.2. The summed E-state index contributed by atoms with van der Waals surface area (Å²) < 4.78 is 29.6. The van der Waals surface area contributed by atoms with Gasteiger partial charge in [0.15, 0.2) is 14.6 Å². The Kier molecular flexibility index (Phi) is 7.54. The van der Waals surface area contributed by atoms with Crippen LogP contribution in [-0.4, -0.2) is 66.8 Å². The summed E-state index contributed by atoms with van der Waals surface area (Å²) in [5.41, 5.74) is 2.20. The number of carbonyl (C=O) groups excluding carboxylic acids is 1. The maximum atomic E-state index is 13.2. The highest BCUT2D eigenvalue weighted by Crippen LogP contribution is 2.35. The average Bonchev–Trinajstić information content (AvgIpc) is 2.79. The van der Waals surface area contributed by atoms with Crippen LogP contribution in [0.4, 0.5) is 0 Å². The van der Waals surface area contributed by atoms with Gasteiger partial charge >= 0.3 is 5.97 Å². The van der Waals surface area contributed by atoms with E-state index >= 15 is 0 Å². The van der Waals surface area contributed by atoms with Gasteiger partial charge in [-0.2, -0.15) is 0 Å². The Morgan fingerprint density at radius 2 is 1.76 bits per heavy atom. The number of nitrogens with zero attached hydrogens (tertiary/aromatic N) is 2. The Bertz CT molecular complexity index is 1090. The minimum Gasteiger partial charge on any atom is -0.480 e. The lowest BCUT2D eigenvalue weighted by Crippen LogP contribution is -2.50. The number of hydrogen-bond donors (Lipinski definition) is 1. The summed E-state index contributed by atoms with van der Waals surface area (Å²) in [6.07, 6.45) is 1.32. The number of pyridine rings is 1. The second-order valence-electron chi connectivity index (χ2n) is 8.84. The van der Waals surface area contributed by atoms with Crippen molar-refractivity contribution in [3.05, 3.63) is 48.2 Å². The summed E-state index contributed by atoms with van der Waals surface area (Å²) >= 11 is 0. The van der Waals surface area contributed by atoms with Crippen LogP contribution in [0, 0.1) is 5.92 Å². The standard InChI is InChI=1S/C24H30N2O6S/c1-17(2)16-26(3)22(27)14-18-4-6-19(7-5-18)21-9-8-20(15-25-21)33(30,31)24(23(28)29)10-12-32-13-11-24/h4-9,15,17H,10-14,16H2,1-3H3,(H,28,29). The lowest BCUT2D eigenvalue weighted by molar-refractivity contribution is -0.142. The smallest absolute Gasteiger partial charge is 0.325 e. The SMILES string of the molecule is CC(C)CN(C)C(=O)Cc1ccc(-c2ccc(S(=O)(=O)C3(C(=O)O)CCOCC3)cn2)cc1. The molecule has 0 atom stereocenters. The number of ether oxygens (including phenoxy) is 1. The molecule has 1 aromatic heterocycles. The van der Waals surface area contributed by atoms with Gasteiger partial charge in [0.1, 0.15) is 0 Å². The van der Waals surface area contributed by atoms with Crippen molar-refractivity contribution in [3.8, 4) is 11.3 Å². The van der Waals surface area contributed by atoms with E-state index in [-0.39, 0.29) is 36.9 Å². The Labute approximate surface area is 194 Å². The normalized spacial score (nSPS) is 15.9. The molecule has 9 heteroatoms. The minimum absolute atomic E-state index is 0.0459. The zero-order chi connectivity index (χ0) is 24.2. The molecule has 0 spiro atoms. The number of carboxylic acids is 1. The Hall–Kier alpha value is -2.78. The zero-order valence-electron chi connectivity index (χ0n) is 19.2. The maximum Gasteiger partial charge on any atom is 0.325 e. The predicted molar refractivity (Wildman–Crippen MR) is 123 cm³/mol. The average molecular weight is 475 g/mol. The third-order valence-electron chi connectivity index (χ3n) is 5.92. The topological polar surface area (TPSA) is 114 Å². The van der Waals surface area contributed by atoms with Gasteiger partial charge in [-0.1, -0.05) is 38.1 Å². The third-order valence-corrected chi connectivity index (χ3v) is 8.39. The molecule has 1 amide bonds. The first-order chi connectivity index (χ1) is 15.6. The molecule has 1 aliphatic rings. The first kappa shape index (κ1) is 24.9. The number of benzene rings is 1. The van der Waals surface area contributed by atoms with Gasteiger partial charge in [-0.15, -0.1) is 0 Å². The Morgan fingerprint density at radius 3 is 2.27 bits per heavy atom. The molecule has 2 heterocycles. The highest BCUT2D eigenvalue weighted by molar-refractivity contribution is 7.93. The highest BCUT2D eigenvalue weighted by atomic mass is 32.2. The lowest BCUT2D eigenvalue weighted by atomic mass is 9.99. The van der Waals surface area contributed by atoms with Crippen LogP contribution >= 0.6 is 0 Å². The molecule has 0 bridgehead atoms. The number of rotatable bonds is 8. The van der Waals surface area contributed by atoms with Gasteiger partial charge in [0.25, 0.3) is 0 Å². The number of hydrogen-bond acceptors (Lipinski definition) is 6. The number of likely N-dealkylation sites (N-methyl/N-ethyl adjacent to an activating group) is 1. The molecule has 0 radical (unpaired) electrons. The molecule has 8 nitrogen and oxygen atoms in total. The number of amides is 1. The zero-order valence-corrected chi connectivity index (χ0v) is 20.0. The van der Waals surface area contributed by atoms with Gasteiger partial charge in [-0.05, 0) is 23.6 Å². The van der Waals surface area contributed by atoms with Crippen molar-refractivity contribution in [3.63, 3.8) is 0 Å². The molecular weight excluding hydrogens is 444 g/mol. The van der Waals surface area contributed by atoms with Gasteiger partial charge in [0.05, 0.1) is 17.0 Å². The van der Waals surface area contributed by atoms with Crippen LogP contribution in [-0.2, 0) is 30.6 Å². The monoisotopic (exact) mass is 474 g/mol. The van der Waals surface area contributed by atoms with E-state index in [1.807, 2.05) is 24.3 Å². The summed E-state index contributed by atoms with van der Waals surface area (Å²) in [5, 5.41) is 9.70. The van der Waals surface area contributed by atoms with E-state index in [0.29, 0.717) is 24.6 Å². The van der Waals surface area contributed by atoms with Crippen molar-refractivity contribution >= 4 is 21.7 Å².